The summed E-state index contributed by atoms with van der Waals surface area (Å²) in [5, 5.41) is 17.7. The lowest BCUT2D eigenvalue weighted by Crippen LogP contribution is -2.21. The van der Waals surface area contributed by atoms with Crippen molar-refractivity contribution < 1.29 is 32.9 Å². The third kappa shape index (κ3) is 3.41. The minimum Gasteiger partial charge on any atom is -0.479 e. The molecule has 0 aliphatic carbocycles. The number of aliphatic hydroxyl groups is 1. The summed E-state index contributed by atoms with van der Waals surface area (Å²) in [6, 6.07) is 1.72. The predicted octanol–water partition coefficient (Wildman–Crippen LogP) is 1.94. The monoisotopic (exact) mass is 285 g/mol. The molecule has 1 atom stereocenters. The number of hydrogen-bond acceptors (Lipinski definition) is 4. The summed E-state index contributed by atoms with van der Waals surface area (Å²) in [4.78, 5) is 10.6. The zero-order chi connectivity index (χ0) is 14.1. The molecule has 0 spiro atoms. The van der Waals surface area contributed by atoms with Gasteiger partial charge in [-0.2, -0.15) is 0 Å². The average molecular weight is 286 g/mol. The highest BCUT2D eigenvalue weighted by Crippen LogP contribution is 2.37. The summed E-state index contributed by atoms with van der Waals surface area (Å²) in [6.45, 7) is 0. The number of carboxylic acid groups (broad SMARTS) is 1. The van der Waals surface area contributed by atoms with Crippen LogP contribution in [0.1, 0.15) is 11.7 Å². The highest BCUT2D eigenvalue weighted by Gasteiger charge is 2.35. The van der Waals surface area contributed by atoms with Gasteiger partial charge in [0.1, 0.15) is 5.75 Å². The molecule has 0 radical (unpaired) electrons. The van der Waals surface area contributed by atoms with Crippen molar-refractivity contribution in [2.24, 2.45) is 0 Å². The van der Waals surface area contributed by atoms with E-state index >= 15 is 0 Å². The van der Waals surface area contributed by atoms with E-state index < -0.39 is 35.4 Å². The summed E-state index contributed by atoms with van der Waals surface area (Å²) >= 11 is 5.48. The van der Waals surface area contributed by atoms with Crippen molar-refractivity contribution in [2.45, 2.75) is 12.5 Å². The zero-order valence-corrected chi connectivity index (χ0v) is 9.29. The SMILES string of the molecule is Nc1cc(Cl)cc(OC(F)(F)F)c1C(O)C(=O)O. The predicted molar refractivity (Wildman–Crippen MR) is 55.1 cm³/mol. The van der Waals surface area contributed by atoms with E-state index in [9.17, 15) is 23.1 Å². The number of carboxylic acids is 1. The molecular formula is C9H7ClF3NO4. The summed E-state index contributed by atoms with van der Waals surface area (Å²) < 4.78 is 39.9. The zero-order valence-electron chi connectivity index (χ0n) is 8.53. The standard InChI is InChI=1S/C9H7ClF3NO4/c10-3-1-4(14)6(7(15)8(16)17)5(2-3)18-9(11,12)13/h1-2,7,15H,14H2,(H,16,17). The number of carbonyl (C=O) groups is 1. The first kappa shape index (κ1) is 14.4. The molecule has 18 heavy (non-hydrogen) atoms. The summed E-state index contributed by atoms with van der Waals surface area (Å²) in [7, 11) is 0. The van der Waals surface area contributed by atoms with E-state index in [1.807, 2.05) is 0 Å². The van der Waals surface area contributed by atoms with Crippen LogP contribution in [-0.2, 0) is 4.79 Å². The van der Waals surface area contributed by atoms with Gasteiger partial charge in [0.2, 0.25) is 0 Å². The highest BCUT2D eigenvalue weighted by molar-refractivity contribution is 6.31. The maximum atomic E-state index is 12.1. The van der Waals surface area contributed by atoms with Crippen LogP contribution in [0.25, 0.3) is 0 Å². The molecule has 1 aromatic rings. The fourth-order valence-corrected chi connectivity index (χ4v) is 1.46. The Hall–Kier alpha value is -1.67. The molecule has 1 unspecified atom stereocenters. The van der Waals surface area contributed by atoms with E-state index in [1.54, 1.807) is 0 Å². The van der Waals surface area contributed by atoms with Crippen LogP contribution in [0.5, 0.6) is 5.75 Å². The van der Waals surface area contributed by atoms with Gasteiger partial charge in [-0.15, -0.1) is 13.2 Å². The van der Waals surface area contributed by atoms with E-state index in [1.165, 1.54) is 0 Å². The van der Waals surface area contributed by atoms with Gasteiger partial charge in [-0.05, 0) is 12.1 Å². The lowest BCUT2D eigenvalue weighted by Gasteiger charge is -2.17. The van der Waals surface area contributed by atoms with Crippen LogP contribution >= 0.6 is 11.6 Å². The summed E-state index contributed by atoms with van der Waals surface area (Å²) in [6.07, 6.45) is -7.32. The van der Waals surface area contributed by atoms with Crippen molar-refractivity contribution in [2.75, 3.05) is 5.73 Å². The largest absolute Gasteiger partial charge is 0.573 e. The molecular weight excluding hydrogens is 279 g/mol. The van der Waals surface area contributed by atoms with E-state index in [0.29, 0.717) is 6.07 Å². The first-order chi connectivity index (χ1) is 8.11. The smallest absolute Gasteiger partial charge is 0.479 e. The third-order valence-corrected chi connectivity index (χ3v) is 2.09. The normalized spacial score (nSPS) is 13.2. The van der Waals surface area contributed by atoms with Crippen molar-refractivity contribution in [3.8, 4) is 5.75 Å². The van der Waals surface area contributed by atoms with Crippen LogP contribution in [0.2, 0.25) is 5.02 Å². The van der Waals surface area contributed by atoms with Crippen molar-refractivity contribution in [3.63, 3.8) is 0 Å². The van der Waals surface area contributed by atoms with Gasteiger partial charge in [-0.1, -0.05) is 11.6 Å². The molecule has 0 heterocycles. The maximum absolute atomic E-state index is 12.1. The highest BCUT2D eigenvalue weighted by atomic mass is 35.5. The van der Waals surface area contributed by atoms with Crippen molar-refractivity contribution in [1.82, 2.24) is 0 Å². The van der Waals surface area contributed by atoms with E-state index in [0.717, 1.165) is 6.07 Å². The molecule has 0 saturated carbocycles. The fraction of sp³-hybridized carbons (Fsp3) is 0.222. The molecule has 4 N–H and O–H groups in total. The average Bonchev–Trinajstić information content (AvgIpc) is 2.12. The topological polar surface area (TPSA) is 92.8 Å². The van der Waals surface area contributed by atoms with Gasteiger partial charge >= 0.3 is 12.3 Å². The Morgan fingerprint density at radius 2 is 2.00 bits per heavy atom. The number of rotatable bonds is 3. The maximum Gasteiger partial charge on any atom is 0.573 e. The second-order valence-corrected chi connectivity index (χ2v) is 3.63. The lowest BCUT2D eigenvalue weighted by atomic mass is 10.1. The molecule has 0 amide bonds. The van der Waals surface area contributed by atoms with Crippen LogP contribution in [0.4, 0.5) is 18.9 Å². The van der Waals surface area contributed by atoms with Gasteiger partial charge in [0.15, 0.2) is 6.10 Å². The Kier molecular flexibility index (Phi) is 3.92. The van der Waals surface area contributed by atoms with Crippen LogP contribution < -0.4 is 10.5 Å². The molecule has 0 aliphatic rings. The van der Waals surface area contributed by atoms with Gasteiger partial charge in [0.05, 0.1) is 5.56 Å². The molecule has 1 aromatic carbocycles. The summed E-state index contributed by atoms with van der Waals surface area (Å²) in [5.41, 5.74) is 4.20. The number of aliphatic hydroxyl groups excluding tert-OH is 1. The van der Waals surface area contributed by atoms with Gasteiger partial charge < -0.3 is 20.7 Å². The fourth-order valence-electron chi connectivity index (χ4n) is 1.24. The van der Waals surface area contributed by atoms with Gasteiger partial charge in [-0.3, -0.25) is 0 Å². The second-order valence-electron chi connectivity index (χ2n) is 3.20. The first-order valence-corrected chi connectivity index (χ1v) is 4.75. The number of anilines is 1. The van der Waals surface area contributed by atoms with E-state index in [2.05, 4.69) is 4.74 Å². The number of aliphatic carboxylic acids is 1. The van der Waals surface area contributed by atoms with Gasteiger partial charge in [-0.25, -0.2) is 4.79 Å². The number of halogens is 4. The van der Waals surface area contributed by atoms with Crippen molar-refractivity contribution >= 4 is 23.3 Å². The van der Waals surface area contributed by atoms with Crippen molar-refractivity contribution in [3.05, 3.63) is 22.7 Å². The first-order valence-electron chi connectivity index (χ1n) is 4.37. The van der Waals surface area contributed by atoms with Crippen LogP contribution in [0, 0.1) is 0 Å². The number of nitrogens with two attached hydrogens (primary N) is 1. The molecule has 0 saturated heterocycles. The van der Waals surface area contributed by atoms with Crippen molar-refractivity contribution in [1.29, 1.82) is 0 Å². The minimum atomic E-state index is -5.07. The lowest BCUT2D eigenvalue weighted by molar-refractivity contribution is -0.275. The Morgan fingerprint density at radius 1 is 1.44 bits per heavy atom. The number of alkyl halides is 3. The second kappa shape index (κ2) is 4.91. The number of nitrogen functional groups attached to an aromatic ring is 1. The van der Waals surface area contributed by atoms with Crippen LogP contribution in [0.3, 0.4) is 0 Å². The van der Waals surface area contributed by atoms with Gasteiger partial charge in [0.25, 0.3) is 0 Å². The molecule has 0 aliphatic heterocycles. The molecule has 0 bridgehead atoms. The molecule has 5 nitrogen and oxygen atoms in total. The van der Waals surface area contributed by atoms with E-state index in [4.69, 9.17) is 22.4 Å². The number of benzene rings is 1. The number of hydrogen-bond donors (Lipinski definition) is 3. The quantitative estimate of drug-likeness (QED) is 0.738. The molecule has 1 rings (SSSR count). The third-order valence-electron chi connectivity index (χ3n) is 1.87. The van der Waals surface area contributed by atoms with Crippen LogP contribution in [0.15, 0.2) is 12.1 Å². The minimum absolute atomic E-state index is 0.187. The van der Waals surface area contributed by atoms with Gasteiger partial charge in [0, 0.05) is 10.7 Å². The summed E-state index contributed by atoms with van der Waals surface area (Å²) in [5.74, 6) is -2.72. The number of ether oxygens (including phenoxy) is 1. The molecule has 0 fully saturated rings. The Bertz CT molecular complexity index is 478. The molecule has 100 valence electrons. The Morgan fingerprint density at radius 3 is 2.44 bits per heavy atom. The Balaban J connectivity index is 3.34. The Labute approximate surface area is 104 Å². The molecule has 0 aromatic heterocycles. The molecule has 9 heteroatoms. The van der Waals surface area contributed by atoms with Crippen LogP contribution in [-0.4, -0.2) is 22.5 Å². The van der Waals surface area contributed by atoms with E-state index in [-0.39, 0.29) is 5.02 Å².